The second-order valence-electron chi connectivity index (χ2n) is 17.8. The third kappa shape index (κ3) is 8.06. The summed E-state index contributed by atoms with van der Waals surface area (Å²) < 4.78 is 31.7. The Morgan fingerprint density at radius 2 is 1.31 bits per heavy atom. The monoisotopic (exact) mass is 712 g/mol. The zero-order valence-corrected chi connectivity index (χ0v) is 35.0. The lowest BCUT2D eigenvalue weighted by molar-refractivity contribution is -0.0470. The maximum atomic E-state index is 13.6. The minimum Gasteiger partial charge on any atom is -0.414 e. The average Bonchev–Trinajstić information content (AvgIpc) is 3.51. The molecule has 0 saturated carbocycles. The highest BCUT2D eigenvalue weighted by Crippen LogP contribution is 2.46. The maximum Gasteiger partial charge on any atom is 0.285 e. The molecule has 9 nitrogen and oxygen atoms in total. The molecule has 1 aliphatic rings. The van der Waals surface area contributed by atoms with E-state index in [2.05, 4.69) is 107 Å². The van der Waals surface area contributed by atoms with Crippen LogP contribution < -0.4 is 5.56 Å². The fraction of sp³-hybridized carbons (Fsp3) is 0.639. The Morgan fingerprint density at radius 3 is 1.85 bits per heavy atom. The molecule has 3 aromatic rings. The summed E-state index contributed by atoms with van der Waals surface area (Å²) in [5.74, 6) is 0. The molecule has 266 valence electrons. The molecule has 3 heterocycles. The summed E-state index contributed by atoms with van der Waals surface area (Å²) in [5.41, 5.74) is 1.46. The van der Waals surface area contributed by atoms with Crippen molar-refractivity contribution in [3.8, 4) is 0 Å². The number of imidazole rings is 1. The fourth-order valence-corrected chi connectivity index (χ4v) is 8.44. The van der Waals surface area contributed by atoms with Crippen molar-refractivity contribution in [1.29, 1.82) is 0 Å². The third-order valence-corrected chi connectivity index (χ3v) is 24.6. The molecule has 1 saturated heterocycles. The highest BCUT2D eigenvalue weighted by molar-refractivity contribution is 6.75. The van der Waals surface area contributed by atoms with Gasteiger partial charge in [0.1, 0.15) is 24.6 Å². The minimum absolute atomic E-state index is 0.0287. The van der Waals surface area contributed by atoms with E-state index in [0.29, 0.717) is 12.3 Å². The van der Waals surface area contributed by atoms with E-state index in [0.717, 1.165) is 5.56 Å². The SMILES string of the molecule is CC(C)(C)[Si](C)(C)OC[C@H]1O[C@@H](n2cnc3c(=O)n(/C=C/c4ccccc4)cnc32)[C@H](O[Si](C)(C)C(C)(C)C)[C@@H]1O[Si](C)(C)C(C)(C)C. The minimum atomic E-state index is -2.34. The lowest BCUT2D eigenvalue weighted by Crippen LogP contribution is -2.54. The molecular formula is C36H60N4O5Si3. The Hall–Kier alpha value is -2.20. The van der Waals surface area contributed by atoms with Gasteiger partial charge in [-0.05, 0) is 66.0 Å². The normalized spacial score (nSPS) is 21.9. The van der Waals surface area contributed by atoms with Crippen LogP contribution in [0.1, 0.15) is 74.1 Å². The van der Waals surface area contributed by atoms with Crippen LogP contribution in [0, 0.1) is 0 Å². The number of nitrogens with zero attached hydrogens (tertiary/aromatic N) is 4. The van der Waals surface area contributed by atoms with Crippen LogP contribution in [0.3, 0.4) is 0 Å². The van der Waals surface area contributed by atoms with Crippen molar-refractivity contribution in [2.75, 3.05) is 6.61 Å². The average molecular weight is 713 g/mol. The van der Waals surface area contributed by atoms with E-state index in [1.165, 1.54) is 4.57 Å². The van der Waals surface area contributed by atoms with Crippen molar-refractivity contribution >= 4 is 48.4 Å². The van der Waals surface area contributed by atoms with Crippen molar-refractivity contribution in [3.63, 3.8) is 0 Å². The van der Waals surface area contributed by atoms with E-state index in [1.807, 2.05) is 41.0 Å². The molecule has 0 spiro atoms. The zero-order chi connectivity index (χ0) is 36.1. The van der Waals surface area contributed by atoms with Crippen LogP contribution in [0.2, 0.25) is 54.4 Å². The predicted octanol–water partition coefficient (Wildman–Crippen LogP) is 8.92. The number of hydrogen-bond acceptors (Lipinski definition) is 7. The van der Waals surface area contributed by atoms with Gasteiger partial charge in [0, 0.05) is 6.20 Å². The molecular weight excluding hydrogens is 653 g/mol. The summed E-state index contributed by atoms with van der Waals surface area (Å²) in [6, 6.07) is 9.85. The summed E-state index contributed by atoms with van der Waals surface area (Å²) in [5, 5.41) is -0.0426. The summed E-state index contributed by atoms with van der Waals surface area (Å²) >= 11 is 0. The van der Waals surface area contributed by atoms with Crippen LogP contribution in [0.5, 0.6) is 0 Å². The molecule has 1 aromatic carbocycles. The van der Waals surface area contributed by atoms with Crippen LogP contribution >= 0.6 is 0 Å². The maximum absolute atomic E-state index is 13.6. The van der Waals surface area contributed by atoms with E-state index in [-0.39, 0.29) is 38.4 Å². The van der Waals surface area contributed by atoms with Gasteiger partial charge < -0.3 is 18.0 Å². The van der Waals surface area contributed by atoms with Gasteiger partial charge in [-0.25, -0.2) is 9.97 Å². The van der Waals surface area contributed by atoms with Gasteiger partial charge in [0.15, 0.2) is 42.3 Å². The number of rotatable bonds is 10. The van der Waals surface area contributed by atoms with Crippen LogP contribution in [0.15, 0.2) is 47.8 Å². The van der Waals surface area contributed by atoms with E-state index >= 15 is 0 Å². The van der Waals surface area contributed by atoms with Gasteiger partial charge in [0.2, 0.25) is 0 Å². The largest absolute Gasteiger partial charge is 0.414 e. The van der Waals surface area contributed by atoms with Crippen LogP contribution in [-0.4, -0.2) is 69.0 Å². The lowest BCUT2D eigenvalue weighted by atomic mass is 10.1. The highest BCUT2D eigenvalue weighted by Gasteiger charge is 2.55. The van der Waals surface area contributed by atoms with Crippen molar-refractivity contribution < 1.29 is 18.0 Å². The number of aromatic nitrogens is 4. The molecule has 0 amide bonds. The van der Waals surface area contributed by atoms with Crippen molar-refractivity contribution in [2.45, 2.75) is 141 Å². The Labute approximate surface area is 291 Å². The Kier molecular flexibility index (Phi) is 10.9. The van der Waals surface area contributed by atoms with E-state index < -0.39 is 37.3 Å². The van der Waals surface area contributed by atoms with Crippen molar-refractivity contribution in [2.24, 2.45) is 0 Å². The van der Waals surface area contributed by atoms with Gasteiger partial charge in [-0.1, -0.05) is 92.6 Å². The van der Waals surface area contributed by atoms with Crippen LogP contribution in [0.4, 0.5) is 0 Å². The Morgan fingerprint density at radius 1 is 0.771 bits per heavy atom. The summed E-state index contributed by atoms with van der Waals surface area (Å²) in [6.45, 7) is 34.2. The topological polar surface area (TPSA) is 89.6 Å². The number of hydrogen-bond donors (Lipinski definition) is 0. The molecule has 1 fully saturated rings. The Bertz CT molecular complexity index is 1650. The second kappa shape index (κ2) is 13.5. The Balaban J connectivity index is 1.82. The summed E-state index contributed by atoms with van der Waals surface area (Å²) in [4.78, 5) is 23.0. The molecule has 0 aliphatic carbocycles. The first kappa shape index (κ1) is 38.6. The zero-order valence-electron chi connectivity index (χ0n) is 32.0. The number of ether oxygens (including phenoxy) is 1. The van der Waals surface area contributed by atoms with Gasteiger partial charge in [0.25, 0.3) is 5.56 Å². The lowest BCUT2D eigenvalue weighted by Gasteiger charge is -2.44. The summed E-state index contributed by atoms with van der Waals surface area (Å²) in [6.07, 6.45) is 4.95. The molecule has 0 radical (unpaired) electrons. The van der Waals surface area contributed by atoms with E-state index in [1.54, 1.807) is 18.9 Å². The molecule has 2 aromatic heterocycles. The molecule has 0 bridgehead atoms. The molecule has 0 unspecified atom stereocenters. The van der Waals surface area contributed by atoms with Crippen molar-refractivity contribution in [1.82, 2.24) is 19.1 Å². The van der Waals surface area contributed by atoms with Gasteiger partial charge in [-0.2, -0.15) is 0 Å². The predicted molar refractivity (Wildman–Crippen MR) is 205 cm³/mol. The van der Waals surface area contributed by atoms with Gasteiger partial charge in [0.05, 0.1) is 12.9 Å². The number of fused-ring (bicyclic) bond motifs is 1. The molecule has 4 rings (SSSR count). The molecule has 1 aliphatic heterocycles. The van der Waals surface area contributed by atoms with E-state index in [9.17, 15) is 4.79 Å². The van der Waals surface area contributed by atoms with Crippen molar-refractivity contribution in [3.05, 3.63) is 58.9 Å². The second-order valence-corrected chi connectivity index (χ2v) is 32.2. The van der Waals surface area contributed by atoms with Crippen LogP contribution in [0.25, 0.3) is 23.4 Å². The first-order valence-corrected chi connectivity index (χ1v) is 25.9. The molecule has 4 atom stereocenters. The van der Waals surface area contributed by atoms with Gasteiger partial charge in [-0.15, -0.1) is 0 Å². The molecule has 0 N–H and O–H groups in total. The first-order chi connectivity index (χ1) is 21.9. The molecule has 48 heavy (non-hydrogen) atoms. The highest BCUT2D eigenvalue weighted by atomic mass is 28.4. The van der Waals surface area contributed by atoms with Gasteiger partial charge >= 0.3 is 0 Å². The smallest absolute Gasteiger partial charge is 0.285 e. The van der Waals surface area contributed by atoms with E-state index in [4.69, 9.17) is 23.0 Å². The third-order valence-electron chi connectivity index (χ3n) is 11.2. The fourth-order valence-electron chi connectivity index (χ4n) is 4.82. The first-order valence-electron chi connectivity index (χ1n) is 17.2. The standard InChI is InChI=1S/C36H60N4O5Si3/c1-34(2,3)46(10,11)42-23-27-29(44-47(12,13)35(4,5)6)30(45-48(14,15)36(7,8)9)33(43-27)40-25-37-28-31(40)38-24-39(32(28)41)22-21-26-19-17-16-18-20-26/h16-22,24-25,27,29-30,33H,23H2,1-15H3/b22-21+/t27-,29-,30-,33-/m1/s1. The quantitative estimate of drug-likeness (QED) is 0.194. The van der Waals surface area contributed by atoms with Gasteiger partial charge in [-0.3, -0.25) is 13.9 Å². The van der Waals surface area contributed by atoms with Crippen LogP contribution in [-0.2, 0) is 18.0 Å². The number of benzene rings is 1. The molecule has 12 heteroatoms. The summed E-state index contributed by atoms with van der Waals surface area (Å²) in [7, 11) is -6.75.